The molecule has 3 heterocycles. The third kappa shape index (κ3) is 2.81. The van der Waals surface area contributed by atoms with Crippen molar-refractivity contribution in [3.8, 4) is 0 Å². The Kier molecular flexibility index (Phi) is 4.42. The second kappa shape index (κ2) is 6.59. The zero-order valence-corrected chi connectivity index (χ0v) is 17.6. The third-order valence-electron chi connectivity index (χ3n) is 4.99. The zero-order valence-electron chi connectivity index (χ0n) is 16.8. The quantitative estimate of drug-likeness (QED) is 0.547. The molecule has 1 amide bonds. The summed E-state index contributed by atoms with van der Waals surface area (Å²) >= 11 is 1.50. The number of hydrogen-bond donors (Lipinski definition) is 0. The van der Waals surface area contributed by atoms with Crippen LogP contribution in [0.25, 0.3) is 10.1 Å². The van der Waals surface area contributed by atoms with Crippen molar-refractivity contribution >= 4 is 39.5 Å². The van der Waals surface area contributed by atoms with Crippen LogP contribution in [0, 0.1) is 0 Å². The Morgan fingerprint density at radius 3 is 2.14 bits per heavy atom. The van der Waals surface area contributed by atoms with Gasteiger partial charge >= 0.3 is 18.0 Å². The van der Waals surface area contributed by atoms with Gasteiger partial charge in [0.1, 0.15) is 11.6 Å². The molecule has 4 rings (SSSR count). The van der Waals surface area contributed by atoms with Crippen LogP contribution in [0.1, 0.15) is 43.3 Å². The van der Waals surface area contributed by atoms with Crippen LogP contribution in [0.3, 0.4) is 0 Å². The number of fused-ring (bicyclic) bond motifs is 7. The lowest BCUT2D eigenvalue weighted by Gasteiger charge is -2.28. The van der Waals surface area contributed by atoms with Gasteiger partial charge in [0.2, 0.25) is 0 Å². The number of carbonyl (C=O) groups is 3. The molecular weight excluding hydrogens is 394 g/mol. The highest BCUT2D eigenvalue weighted by molar-refractivity contribution is 7.19. The van der Waals surface area contributed by atoms with Gasteiger partial charge in [-0.2, -0.15) is 0 Å². The molecule has 1 aromatic carbocycles. The van der Waals surface area contributed by atoms with E-state index in [0.29, 0.717) is 0 Å². The molecule has 8 heteroatoms. The molecule has 152 valence electrons. The van der Waals surface area contributed by atoms with Crippen LogP contribution in [0.5, 0.6) is 0 Å². The standard InChI is InChI=1S/C21H21NO6S/c1-21(2,3)28-20(25)22-15-12-10-8-6-7-9-11(10)29-17(12)16(22)14(19(24)27-5)13(15)18(23)26-4/h6-9,15-16H,1-5H3. The van der Waals surface area contributed by atoms with Gasteiger partial charge in [-0.3, -0.25) is 4.90 Å². The highest BCUT2D eigenvalue weighted by Gasteiger charge is 2.58. The Labute approximate surface area is 171 Å². The minimum Gasteiger partial charge on any atom is -0.466 e. The summed E-state index contributed by atoms with van der Waals surface area (Å²) in [5, 5.41) is 0.943. The summed E-state index contributed by atoms with van der Waals surface area (Å²) in [6.45, 7) is 5.30. The van der Waals surface area contributed by atoms with Crippen molar-refractivity contribution in [3.05, 3.63) is 45.9 Å². The van der Waals surface area contributed by atoms with E-state index in [2.05, 4.69) is 0 Å². The second-order valence-corrected chi connectivity index (χ2v) is 8.96. The fourth-order valence-corrected chi connectivity index (χ4v) is 5.37. The highest BCUT2D eigenvalue weighted by Crippen LogP contribution is 2.61. The van der Waals surface area contributed by atoms with Crippen molar-refractivity contribution in [3.63, 3.8) is 0 Å². The van der Waals surface area contributed by atoms with E-state index in [0.717, 1.165) is 20.5 Å². The lowest BCUT2D eigenvalue weighted by atomic mass is 9.89. The molecular formula is C21H21NO6S. The Balaban J connectivity index is 1.94. The maximum atomic E-state index is 13.1. The van der Waals surface area contributed by atoms with Crippen molar-refractivity contribution in [2.75, 3.05) is 14.2 Å². The number of carbonyl (C=O) groups excluding carboxylic acids is 3. The highest BCUT2D eigenvalue weighted by atomic mass is 32.1. The molecule has 7 nitrogen and oxygen atoms in total. The van der Waals surface area contributed by atoms with Crippen LogP contribution in [0.15, 0.2) is 35.4 Å². The molecule has 0 aliphatic carbocycles. The predicted molar refractivity (Wildman–Crippen MR) is 106 cm³/mol. The third-order valence-corrected chi connectivity index (χ3v) is 6.23. The number of hydrogen-bond acceptors (Lipinski definition) is 7. The summed E-state index contributed by atoms with van der Waals surface area (Å²) in [6.07, 6.45) is -0.597. The SMILES string of the molecule is COC(=O)C1=C(C(=O)OC)C2c3c(sc4ccccc34)C1N2C(=O)OC(C)(C)C. The number of amides is 1. The van der Waals surface area contributed by atoms with Gasteiger partial charge in [0.05, 0.1) is 31.4 Å². The van der Waals surface area contributed by atoms with Crippen molar-refractivity contribution in [2.24, 2.45) is 0 Å². The van der Waals surface area contributed by atoms with E-state index in [1.165, 1.54) is 30.5 Å². The number of methoxy groups -OCH3 is 2. The smallest absolute Gasteiger partial charge is 0.411 e. The van der Waals surface area contributed by atoms with Crippen molar-refractivity contribution in [1.29, 1.82) is 0 Å². The first-order valence-electron chi connectivity index (χ1n) is 9.13. The zero-order chi connectivity index (χ0) is 21.1. The van der Waals surface area contributed by atoms with Gasteiger partial charge in [-0.1, -0.05) is 18.2 Å². The lowest BCUT2D eigenvalue weighted by Crippen LogP contribution is -2.36. The minimum absolute atomic E-state index is 0.131. The van der Waals surface area contributed by atoms with Crippen LogP contribution < -0.4 is 0 Å². The summed E-state index contributed by atoms with van der Waals surface area (Å²) in [6, 6.07) is 6.25. The maximum Gasteiger partial charge on any atom is 0.411 e. The molecule has 0 saturated heterocycles. The van der Waals surface area contributed by atoms with Crippen molar-refractivity contribution in [1.82, 2.24) is 4.90 Å². The lowest BCUT2D eigenvalue weighted by molar-refractivity contribution is -0.139. The molecule has 2 atom stereocenters. The number of thiophene rings is 1. The van der Waals surface area contributed by atoms with E-state index < -0.39 is 35.7 Å². The normalized spacial score (nSPS) is 20.1. The van der Waals surface area contributed by atoms with Crippen LogP contribution in [-0.2, 0) is 23.8 Å². The number of nitrogens with zero attached hydrogens (tertiary/aromatic N) is 1. The van der Waals surface area contributed by atoms with Crippen LogP contribution in [0.2, 0.25) is 0 Å². The topological polar surface area (TPSA) is 82.1 Å². The number of ether oxygens (including phenoxy) is 3. The van der Waals surface area contributed by atoms with Gasteiger partial charge in [-0.05, 0) is 32.2 Å². The van der Waals surface area contributed by atoms with E-state index in [1.54, 1.807) is 20.8 Å². The molecule has 2 aliphatic heterocycles. The number of esters is 2. The van der Waals surface area contributed by atoms with Gasteiger partial charge in [0.25, 0.3) is 0 Å². The molecule has 0 radical (unpaired) electrons. The summed E-state index contributed by atoms with van der Waals surface area (Å²) in [4.78, 5) is 40.8. The molecule has 2 aliphatic rings. The molecule has 1 aromatic heterocycles. The van der Waals surface area contributed by atoms with E-state index in [-0.39, 0.29) is 11.1 Å². The fraction of sp³-hybridized carbons (Fsp3) is 0.381. The van der Waals surface area contributed by atoms with Crippen LogP contribution in [-0.4, -0.2) is 42.8 Å². The maximum absolute atomic E-state index is 13.1. The summed E-state index contributed by atoms with van der Waals surface area (Å²) in [5.74, 6) is -1.32. The molecule has 2 aromatic rings. The number of rotatable bonds is 2. The van der Waals surface area contributed by atoms with Gasteiger partial charge in [0.15, 0.2) is 0 Å². The summed E-state index contributed by atoms with van der Waals surface area (Å²) in [7, 11) is 2.50. The average Bonchev–Trinajstić information content (AvgIpc) is 3.30. The predicted octanol–water partition coefficient (Wildman–Crippen LogP) is 3.89. The fourth-order valence-electron chi connectivity index (χ4n) is 4.02. The van der Waals surface area contributed by atoms with Crippen LogP contribution >= 0.6 is 11.3 Å². The van der Waals surface area contributed by atoms with Crippen LogP contribution in [0.4, 0.5) is 4.79 Å². The number of benzene rings is 1. The molecule has 2 unspecified atom stereocenters. The van der Waals surface area contributed by atoms with Gasteiger partial charge in [-0.15, -0.1) is 11.3 Å². The largest absolute Gasteiger partial charge is 0.466 e. The monoisotopic (exact) mass is 415 g/mol. The van der Waals surface area contributed by atoms with E-state index in [1.807, 2.05) is 24.3 Å². The van der Waals surface area contributed by atoms with Gasteiger partial charge in [0, 0.05) is 15.1 Å². The molecule has 0 N–H and O–H groups in total. The Morgan fingerprint density at radius 1 is 0.966 bits per heavy atom. The second-order valence-electron chi connectivity index (χ2n) is 7.88. The molecule has 0 fully saturated rings. The van der Waals surface area contributed by atoms with E-state index >= 15 is 0 Å². The van der Waals surface area contributed by atoms with Crippen molar-refractivity contribution in [2.45, 2.75) is 38.5 Å². The first-order valence-corrected chi connectivity index (χ1v) is 9.94. The van der Waals surface area contributed by atoms with E-state index in [4.69, 9.17) is 14.2 Å². The summed E-state index contributed by atoms with van der Waals surface area (Å²) in [5.41, 5.74) is 0.376. The van der Waals surface area contributed by atoms with Gasteiger partial charge < -0.3 is 14.2 Å². The Bertz CT molecular complexity index is 1080. The van der Waals surface area contributed by atoms with E-state index in [9.17, 15) is 14.4 Å². The Hall–Kier alpha value is -2.87. The Morgan fingerprint density at radius 2 is 1.55 bits per heavy atom. The average molecular weight is 415 g/mol. The van der Waals surface area contributed by atoms with Gasteiger partial charge in [-0.25, -0.2) is 14.4 Å². The molecule has 0 spiro atoms. The molecule has 0 saturated carbocycles. The first kappa shape index (κ1) is 19.4. The summed E-state index contributed by atoms with van der Waals surface area (Å²) < 4.78 is 16.5. The van der Waals surface area contributed by atoms with Crippen molar-refractivity contribution < 1.29 is 28.6 Å². The first-order chi connectivity index (χ1) is 13.7. The molecule has 29 heavy (non-hydrogen) atoms. The molecule has 2 bridgehead atoms. The minimum atomic E-state index is -0.762.